The number of halogens is 1. The zero-order valence-corrected chi connectivity index (χ0v) is 20.1. The zero-order chi connectivity index (χ0) is 21.8. The Hall–Kier alpha value is -1.90. The number of rotatable bonds is 8. The molecule has 8 heteroatoms. The average Bonchev–Trinajstić information content (AvgIpc) is 3.11. The molecule has 0 aliphatic carbocycles. The van der Waals surface area contributed by atoms with Crippen LogP contribution in [0.3, 0.4) is 0 Å². The molecule has 5 nitrogen and oxygen atoms in total. The van der Waals surface area contributed by atoms with Crippen molar-refractivity contribution in [3.8, 4) is 5.69 Å². The summed E-state index contributed by atoms with van der Waals surface area (Å²) in [5.74, 6) is -0.860. The third-order valence-corrected chi connectivity index (χ3v) is 6.89. The summed E-state index contributed by atoms with van der Waals surface area (Å²) in [6.07, 6.45) is 4.19. The lowest BCUT2D eigenvalue weighted by Gasteiger charge is -2.13. The van der Waals surface area contributed by atoms with Gasteiger partial charge in [0.05, 0.1) is 4.91 Å². The maximum absolute atomic E-state index is 12.8. The Morgan fingerprint density at radius 1 is 1.20 bits per heavy atom. The highest BCUT2D eigenvalue weighted by Crippen LogP contribution is 2.34. The number of carboxylic acid groups (broad SMARTS) is 1. The number of benzene rings is 1. The highest BCUT2D eigenvalue weighted by atomic mass is 79.9. The number of nitrogens with zero attached hydrogens (tertiary/aromatic N) is 2. The first-order valence-corrected chi connectivity index (χ1v) is 11.7. The predicted molar refractivity (Wildman–Crippen MR) is 129 cm³/mol. The van der Waals surface area contributed by atoms with Crippen molar-refractivity contribution in [1.82, 2.24) is 9.47 Å². The van der Waals surface area contributed by atoms with E-state index < -0.39 is 5.97 Å². The van der Waals surface area contributed by atoms with Crippen molar-refractivity contribution in [3.05, 3.63) is 56.7 Å². The summed E-state index contributed by atoms with van der Waals surface area (Å²) in [6.45, 7) is 4.62. The molecule has 0 spiro atoms. The maximum atomic E-state index is 12.8. The lowest BCUT2D eigenvalue weighted by atomic mass is 10.2. The Labute approximate surface area is 194 Å². The molecule has 1 aromatic carbocycles. The fourth-order valence-electron chi connectivity index (χ4n) is 3.48. The highest BCUT2D eigenvalue weighted by Gasteiger charge is 2.31. The van der Waals surface area contributed by atoms with Gasteiger partial charge in [-0.2, -0.15) is 0 Å². The molecule has 1 N–H and O–H groups in total. The van der Waals surface area contributed by atoms with Gasteiger partial charge in [0.2, 0.25) is 0 Å². The van der Waals surface area contributed by atoms with Gasteiger partial charge in [0, 0.05) is 34.5 Å². The van der Waals surface area contributed by atoms with Gasteiger partial charge in [0.25, 0.3) is 5.91 Å². The molecule has 0 radical (unpaired) electrons. The van der Waals surface area contributed by atoms with E-state index in [4.69, 9.17) is 17.3 Å². The summed E-state index contributed by atoms with van der Waals surface area (Å²) in [4.78, 5) is 25.7. The first-order chi connectivity index (χ1) is 14.3. The molecule has 0 unspecified atom stereocenters. The number of aliphatic carboxylic acids is 1. The Morgan fingerprint density at radius 3 is 2.57 bits per heavy atom. The monoisotopic (exact) mass is 506 g/mol. The van der Waals surface area contributed by atoms with E-state index in [-0.39, 0.29) is 12.3 Å². The van der Waals surface area contributed by atoms with Gasteiger partial charge >= 0.3 is 5.97 Å². The molecule has 1 fully saturated rings. The summed E-state index contributed by atoms with van der Waals surface area (Å²) in [6, 6.07) is 10.2. The molecule has 1 saturated heterocycles. The molecule has 3 rings (SSSR count). The van der Waals surface area contributed by atoms with Crippen LogP contribution in [0.25, 0.3) is 11.8 Å². The third-order valence-electron chi connectivity index (χ3n) is 4.99. The van der Waals surface area contributed by atoms with Crippen LogP contribution in [-0.4, -0.2) is 37.3 Å². The maximum Gasteiger partial charge on any atom is 0.303 e. The van der Waals surface area contributed by atoms with Gasteiger partial charge in [-0.3, -0.25) is 14.5 Å². The molecule has 2 aromatic rings. The van der Waals surface area contributed by atoms with Gasteiger partial charge in [-0.25, -0.2) is 0 Å². The number of carbonyl (C=O) groups is 2. The number of amides is 1. The number of hydrogen-bond acceptors (Lipinski definition) is 4. The average molecular weight is 507 g/mol. The van der Waals surface area contributed by atoms with Crippen LogP contribution in [0.4, 0.5) is 0 Å². The van der Waals surface area contributed by atoms with E-state index in [9.17, 15) is 9.59 Å². The van der Waals surface area contributed by atoms with E-state index >= 15 is 0 Å². The van der Waals surface area contributed by atoms with Crippen LogP contribution in [0.15, 0.2) is 39.7 Å². The second-order valence-corrected chi connectivity index (χ2v) is 9.77. The van der Waals surface area contributed by atoms with E-state index in [1.165, 1.54) is 11.8 Å². The summed E-state index contributed by atoms with van der Waals surface area (Å²) in [7, 11) is 0. The molecule has 1 aromatic heterocycles. The lowest BCUT2D eigenvalue weighted by molar-refractivity contribution is -0.137. The summed E-state index contributed by atoms with van der Waals surface area (Å²) in [5, 5.41) is 8.71. The molecule has 1 aliphatic heterocycles. The van der Waals surface area contributed by atoms with Crippen molar-refractivity contribution < 1.29 is 14.7 Å². The van der Waals surface area contributed by atoms with Crippen molar-refractivity contribution in [1.29, 1.82) is 0 Å². The molecule has 0 saturated carbocycles. The van der Waals surface area contributed by atoms with Crippen LogP contribution in [-0.2, 0) is 9.59 Å². The minimum atomic E-state index is -0.788. The van der Waals surface area contributed by atoms with Crippen molar-refractivity contribution in [2.24, 2.45) is 0 Å². The van der Waals surface area contributed by atoms with Crippen LogP contribution in [0.2, 0.25) is 0 Å². The van der Waals surface area contributed by atoms with Crippen molar-refractivity contribution in [2.75, 3.05) is 6.54 Å². The molecule has 2 heterocycles. The van der Waals surface area contributed by atoms with Crippen LogP contribution < -0.4 is 0 Å². The van der Waals surface area contributed by atoms with Gasteiger partial charge in [0.15, 0.2) is 0 Å². The first kappa shape index (κ1) is 22.8. The number of aryl methyl sites for hydroxylation is 1. The molecule has 158 valence electrons. The van der Waals surface area contributed by atoms with Gasteiger partial charge in [-0.15, -0.1) is 0 Å². The number of thioether (sulfide) groups is 1. The Morgan fingerprint density at radius 2 is 1.90 bits per heavy atom. The van der Waals surface area contributed by atoms with Crippen molar-refractivity contribution in [3.63, 3.8) is 0 Å². The Kier molecular flexibility index (Phi) is 7.55. The Balaban J connectivity index is 1.73. The molecule has 1 amide bonds. The van der Waals surface area contributed by atoms with Crippen LogP contribution >= 0.6 is 39.9 Å². The third kappa shape index (κ3) is 5.22. The van der Waals surface area contributed by atoms with E-state index in [1.54, 1.807) is 4.90 Å². The SMILES string of the molecule is Cc1cc(C=C2SC(=S)N(CCCCCC(=O)O)C2=O)c(C)n1-c1ccc(Br)cc1. The number of carbonyl (C=O) groups excluding carboxylic acids is 1. The minimum absolute atomic E-state index is 0.0725. The van der Waals surface area contributed by atoms with Crippen molar-refractivity contribution >= 4 is 62.2 Å². The van der Waals surface area contributed by atoms with Crippen LogP contribution in [0.1, 0.15) is 42.6 Å². The van der Waals surface area contributed by atoms with Crippen molar-refractivity contribution in [2.45, 2.75) is 39.5 Å². The fraction of sp³-hybridized carbons (Fsp3) is 0.318. The standard InChI is InChI=1S/C22H23BrN2O3S2/c1-14-12-16(15(2)25(14)18-9-7-17(23)8-10-18)13-19-21(28)24(22(29)30-19)11-5-3-4-6-20(26)27/h7-10,12-13H,3-6,11H2,1-2H3,(H,26,27). The lowest BCUT2D eigenvalue weighted by Crippen LogP contribution is -2.29. The normalized spacial score (nSPS) is 15.4. The predicted octanol–water partition coefficient (Wildman–Crippen LogP) is 5.70. The number of thiocarbonyl (C=S) groups is 1. The van der Waals surface area contributed by atoms with E-state index in [0.29, 0.717) is 22.2 Å². The van der Waals surface area contributed by atoms with Gasteiger partial charge in [0.1, 0.15) is 4.32 Å². The minimum Gasteiger partial charge on any atom is -0.481 e. The largest absolute Gasteiger partial charge is 0.481 e. The van der Waals surface area contributed by atoms with E-state index in [2.05, 4.69) is 45.6 Å². The van der Waals surface area contributed by atoms with Crippen LogP contribution in [0, 0.1) is 13.8 Å². The molecule has 1 aliphatic rings. The highest BCUT2D eigenvalue weighted by molar-refractivity contribution is 9.10. The first-order valence-electron chi connectivity index (χ1n) is 9.70. The molecule has 30 heavy (non-hydrogen) atoms. The van der Waals surface area contributed by atoms with Gasteiger partial charge in [-0.1, -0.05) is 46.3 Å². The number of unbranched alkanes of at least 4 members (excludes halogenated alkanes) is 2. The smallest absolute Gasteiger partial charge is 0.303 e. The summed E-state index contributed by atoms with van der Waals surface area (Å²) >= 11 is 10.2. The molecular formula is C22H23BrN2O3S2. The number of aromatic nitrogens is 1. The molecule has 0 bridgehead atoms. The van der Waals surface area contributed by atoms with E-state index in [0.717, 1.165) is 40.0 Å². The zero-order valence-electron chi connectivity index (χ0n) is 16.9. The molecule has 0 atom stereocenters. The second-order valence-electron chi connectivity index (χ2n) is 7.18. The Bertz CT molecular complexity index is 1010. The topological polar surface area (TPSA) is 62.5 Å². The quantitative estimate of drug-likeness (QED) is 0.282. The van der Waals surface area contributed by atoms with Crippen LogP contribution in [0.5, 0.6) is 0 Å². The number of carboxylic acids is 1. The summed E-state index contributed by atoms with van der Waals surface area (Å²) < 4.78 is 3.76. The summed E-state index contributed by atoms with van der Waals surface area (Å²) in [5.41, 5.74) is 4.22. The number of hydrogen-bond donors (Lipinski definition) is 1. The van der Waals surface area contributed by atoms with E-state index in [1.807, 2.05) is 25.1 Å². The fourth-order valence-corrected chi connectivity index (χ4v) is 5.04. The van der Waals surface area contributed by atoms with Gasteiger partial charge in [-0.05, 0) is 68.7 Å². The van der Waals surface area contributed by atoms with Gasteiger partial charge < -0.3 is 9.67 Å². The molecular weight excluding hydrogens is 484 g/mol. The second kappa shape index (κ2) is 9.94.